The molecule has 0 N–H and O–H groups in total. The summed E-state index contributed by atoms with van der Waals surface area (Å²) in [5.41, 5.74) is 1.55. The van der Waals surface area contributed by atoms with Gasteiger partial charge in [-0.3, -0.25) is 19.8 Å². The number of nitro groups is 1. The number of piperidine rings is 1. The van der Waals surface area contributed by atoms with Crippen molar-refractivity contribution >= 4 is 47.5 Å². The molecule has 3 aromatic rings. The summed E-state index contributed by atoms with van der Waals surface area (Å²) in [5, 5.41) is 20.3. The average molecular weight is 524 g/mol. The average Bonchev–Trinajstić information content (AvgIpc) is 3.18. The minimum Gasteiger partial charge on any atom is -0.303 e. The van der Waals surface area contributed by atoms with Crippen LogP contribution in [0, 0.1) is 14.9 Å². The number of rotatable bonds is 7. The number of non-ortho nitro benzene ring substituents is 1. The van der Waals surface area contributed by atoms with Gasteiger partial charge in [0.05, 0.1) is 35.8 Å². The third kappa shape index (κ3) is 5.25. The number of carbonyl (C=O) groups excluding carboxylic acids is 1. The van der Waals surface area contributed by atoms with Gasteiger partial charge in [-0.25, -0.2) is 4.68 Å². The van der Waals surface area contributed by atoms with Crippen LogP contribution in [0.4, 0.5) is 11.4 Å². The first-order chi connectivity index (χ1) is 17.5. The Morgan fingerprint density at radius 1 is 1.11 bits per heavy atom. The molecule has 0 unspecified atom stereocenters. The van der Waals surface area contributed by atoms with E-state index >= 15 is 0 Å². The fourth-order valence-electron chi connectivity index (χ4n) is 4.32. The van der Waals surface area contributed by atoms with E-state index in [1.807, 2.05) is 24.3 Å². The number of nitrogens with zero attached hydrogens (tertiary/aromatic N) is 7. The molecular formula is C24H25N7O3S2. The lowest BCUT2D eigenvalue weighted by Crippen LogP contribution is -2.35. The number of aromatic nitrogens is 3. The SMILES string of the molecule is O=C1CSc2ccccc2N1Cc1nn(CN2CCCCC2)c(=S)n1/N=C/c1ccc([N+](=O)[O-])cc1. The minimum absolute atomic E-state index is 0.00102. The molecule has 12 heteroatoms. The van der Waals surface area contributed by atoms with Crippen LogP contribution in [0.2, 0.25) is 0 Å². The van der Waals surface area contributed by atoms with Crippen molar-refractivity contribution in [1.82, 2.24) is 19.4 Å². The van der Waals surface area contributed by atoms with Crippen LogP contribution < -0.4 is 4.90 Å². The van der Waals surface area contributed by atoms with E-state index in [1.54, 1.807) is 32.6 Å². The van der Waals surface area contributed by atoms with E-state index in [2.05, 4.69) is 10.0 Å². The zero-order valence-electron chi connectivity index (χ0n) is 19.5. The molecule has 0 aliphatic carbocycles. The second-order valence-electron chi connectivity index (χ2n) is 8.66. The maximum Gasteiger partial charge on any atom is 0.269 e. The van der Waals surface area contributed by atoms with Crippen LogP contribution in [0.15, 0.2) is 58.5 Å². The molecule has 0 atom stereocenters. The Kier molecular flexibility index (Phi) is 7.25. The zero-order chi connectivity index (χ0) is 25.1. The van der Waals surface area contributed by atoms with Gasteiger partial charge in [0.2, 0.25) is 10.7 Å². The molecule has 1 saturated heterocycles. The first-order valence-electron chi connectivity index (χ1n) is 11.7. The number of nitro benzene ring substituents is 1. The molecule has 3 heterocycles. The Morgan fingerprint density at radius 3 is 2.61 bits per heavy atom. The predicted octanol–water partition coefficient (Wildman–Crippen LogP) is 4.29. The van der Waals surface area contributed by atoms with Gasteiger partial charge in [-0.2, -0.15) is 14.9 Å². The molecule has 0 spiro atoms. The van der Waals surface area contributed by atoms with Crippen LogP contribution in [0.1, 0.15) is 30.7 Å². The summed E-state index contributed by atoms with van der Waals surface area (Å²) in [6, 6.07) is 13.9. The molecule has 2 aromatic carbocycles. The number of carbonyl (C=O) groups is 1. The number of para-hydroxylation sites is 1. The Balaban J connectivity index is 1.48. The van der Waals surface area contributed by atoms with E-state index in [1.165, 1.54) is 30.3 Å². The normalized spacial score (nSPS) is 16.4. The highest BCUT2D eigenvalue weighted by Gasteiger charge is 2.27. The fraction of sp³-hybridized carbons (Fsp3) is 0.333. The quantitative estimate of drug-likeness (QED) is 0.197. The van der Waals surface area contributed by atoms with Crippen molar-refractivity contribution in [1.29, 1.82) is 0 Å². The van der Waals surface area contributed by atoms with Gasteiger partial charge < -0.3 is 4.90 Å². The first kappa shape index (κ1) is 24.3. The standard InChI is InChI=1S/C24H25N7O3S2/c32-23-16-36-21-7-3-2-6-20(21)28(23)15-22-26-29(17-27-12-4-1-5-13-27)24(35)30(22)25-14-18-8-10-19(11-9-18)31(33)34/h2-3,6-11,14H,1,4-5,12-13,15-17H2/b25-14+. The lowest BCUT2D eigenvalue weighted by Gasteiger charge is -2.28. The Bertz CT molecular complexity index is 1360. The molecule has 1 amide bonds. The van der Waals surface area contributed by atoms with Crippen molar-refractivity contribution in [2.24, 2.45) is 5.10 Å². The maximum atomic E-state index is 12.9. The molecule has 0 radical (unpaired) electrons. The largest absolute Gasteiger partial charge is 0.303 e. The van der Waals surface area contributed by atoms with Crippen LogP contribution in [0.3, 0.4) is 0 Å². The van der Waals surface area contributed by atoms with E-state index in [0.29, 0.717) is 28.6 Å². The summed E-state index contributed by atoms with van der Waals surface area (Å²) in [4.78, 5) is 28.5. The summed E-state index contributed by atoms with van der Waals surface area (Å²) in [6.07, 6.45) is 5.12. The van der Waals surface area contributed by atoms with Gasteiger partial charge in [0.1, 0.15) is 0 Å². The number of likely N-dealkylation sites (tertiary alicyclic amines) is 1. The van der Waals surface area contributed by atoms with Gasteiger partial charge in [-0.15, -0.1) is 11.8 Å². The number of hydrogen-bond donors (Lipinski definition) is 0. The van der Waals surface area contributed by atoms with E-state index in [-0.39, 0.29) is 18.1 Å². The lowest BCUT2D eigenvalue weighted by atomic mass is 10.1. The second-order valence-corrected chi connectivity index (χ2v) is 10.0. The number of thioether (sulfide) groups is 1. The molecule has 186 valence electrons. The van der Waals surface area contributed by atoms with Gasteiger partial charge in [-0.05, 0) is 68.0 Å². The maximum absolute atomic E-state index is 12.9. The van der Waals surface area contributed by atoms with Crippen molar-refractivity contribution in [3.8, 4) is 0 Å². The number of anilines is 1. The van der Waals surface area contributed by atoms with E-state index in [9.17, 15) is 14.9 Å². The summed E-state index contributed by atoms with van der Waals surface area (Å²) in [5.74, 6) is 0.907. The monoisotopic (exact) mass is 523 g/mol. The molecule has 2 aliphatic rings. The van der Waals surface area contributed by atoms with Gasteiger partial charge in [0.25, 0.3) is 5.69 Å². The van der Waals surface area contributed by atoms with E-state index < -0.39 is 4.92 Å². The van der Waals surface area contributed by atoms with Crippen molar-refractivity contribution in [3.05, 3.63) is 74.8 Å². The predicted molar refractivity (Wildman–Crippen MR) is 141 cm³/mol. The highest BCUT2D eigenvalue weighted by molar-refractivity contribution is 8.00. The van der Waals surface area contributed by atoms with Crippen LogP contribution in [-0.4, -0.2) is 55.2 Å². The van der Waals surface area contributed by atoms with Gasteiger partial charge in [0, 0.05) is 17.0 Å². The van der Waals surface area contributed by atoms with Crippen molar-refractivity contribution in [2.75, 3.05) is 23.7 Å². The molecule has 2 aliphatic heterocycles. The second kappa shape index (κ2) is 10.7. The van der Waals surface area contributed by atoms with Gasteiger partial charge >= 0.3 is 0 Å². The van der Waals surface area contributed by atoms with Gasteiger partial charge in [0.15, 0.2) is 5.82 Å². The number of hydrogen-bond acceptors (Lipinski definition) is 8. The molecule has 10 nitrogen and oxygen atoms in total. The number of benzene rings is 2. The minimum atomic E-state index is -0.439. The Labute approximate surface area is 217 Å². The molecule has 5 rings (SSSR count). The fourth-order valence-corrected chi connectivity index (χ4v) is 5.50. The highest BCUT2D eigenvalue weighted by Crippen LogP contribution is 2.35. The van der Waals surface area contributed by atoms with Crippen LogP contribution in [0.5, 0.6) is 0 Å². The van der Waals surface area contributed by atoms with E-state index in [4.69, 9.17) is 17.3 Å². The first-order valence-corrected chi connectivity index (χ1v) is 13.1. The third-order valence-electron chi connectivity index (χ3n) is 6.20. The van der Waals surface area contributed by atoms with Crippen LogP contribution >= 0.6 is 24.0 Å². The number of fused-ring (bicyclic) bond motifs is 1. The van der Waals surface area contributed by atoms with E-state index in [0.717, 1.165) is 36.5 Å². The Morgan fingerprint density at radius 2 is 1.86 bits per heavy atom. The smallest absolute Gasteiger partial charge is 0.269 e. The summed E-state index contributed by atoms with van der Waals surface area (Å²) >= 11 is 7.28. The lowest BCUT2D eigenvalue weighted by molar-refractivity contribution is -0.384. The van der Waals surface area contributed by atoms with Crippen molar-refractivity contribution in [2.45, 2.75) is 37.4 Å². The third-order valence-corrected chi connectivity index (χ3v) is 7.63. The van der Waals surface area contributed by atoms with Crippen LogP contribution in [0.25, 0.3) is 0 Å². The van der Waals surface area contributed by atoms with Gasteiger partial charge in [-0.1, -0.05) is 18.6 Å². The molecule has 36 heavy (non-hydrogen) atoms. The van der Waals surface area contributed by atoms with Crippen LogP contribution in [-0.2, 0) is 18.0 Å². The summed E-state index contributed by atoms with van der Waals surface area (Å²) < 4.78 is 3.78. The Hall–Kier alpha value is -3.35. The molecule has 0 bridgehead atoms. The molecule has 0 saturated carbocycles. The number of amides is 1. The molecule has 1 aromatic heterocycles. The summed E-state index contributed by atoms with van der Waals surface area (Å²) in [6.45, 7) is 2.77. The van der Waals surface area contributed by atoms with Crippen molar-refractivity contribution in [3.63, 3.8) is 0 Å². The zero-order valence-corrected chi connectivity index (χ0v) is 21.2. The van der Waals surface area contributed by atoms with Crippen molar-refractivity contribution < 1.29 is 9.72 Å². The molecular weight excluding hydrogens is 498 g/mol. The highest BCUT2D eigenvalue weighted by atomic mass is 32.2. The molecule has 1 fully saturated rings. The topological polar surface area (TPSA) is 102 Å². The summed E-state index contributed by atoms with van der Waals surface area (Å²) in [7, 11) is 0.